The van der Waals surface area contributed by atoms with Crippen LogP contribution in [0.5, 0.6) is 17.2 Å². The quantitative estimate of drug-likeness (QED) is 0.671. The Hall–Kier alpha value is -2.56. The normalized spacial score (nSPS) is 11.2. The van der Waals surface area contributed by atoms with Gasteiger partial charge in [-0.05, 0) is 29.8 Å². The van der Waals surface area contributed by atoms with E-state index in [0.29, 0.717) is 27.8 Å². The predicted octanol–water partition coefficient (Wildman–Crippen LogP) is 3.84. The molecule has 8 heteroatoms. The van der Waals surface area contributed by atoms with Crippen molar-refractivity contribution in [3.05, 3.63) is 47.0 Å². The van der Waals surface area contributed by atoms with E-state index >= 15 is 0 Å². The summed E-state index contributed by atoms with van der Waals surface area (Å²) < 4.78 is 15.9. The number of nitrogens with one attached hydrogen (secondary N) is 1. The summed E-state index contributed by atoms with van der Waals surface area (Å²) in [6.07, 6.45) is 0. The van der Waals surface area contributed by atoms with Crippen molar-refractivity contribution in [2.45, 2.75) is 10.9 Å². The highest BCUT2D eigenvalue weighted by Crippen LogP contribution is 2.39. The van der Waals surface area contributed by atoms with Crippen molar-refractivity contribution in [3.8, 4) is 23.3 Å². The first-order valence-electron chi connectivity index (χ1n) is 7.90. The summed E-state index contributed by atoms with van der Waals surface area (Å²) in [5, 5.41) is 12.8. The predicted molar refractivity (Wildman–Crippen MR) is 105 cm³/mol. The average Bonchev–Trinajstić information content (AvgIpc) is 2.70. The Morgan fingerprint density at radius 1 is 1.19 bits per heavy atom. The molecule has 142 valence electrons. The molecular formula is C19H19ClN2O4S. The SMILES string of the molecule is COc1cc(C(C#N)NC(=O)CSc2ccccc2Cl)cc(OC)c1OC. The maximum absolute atomic E-state index is 12.3. The first-order valence-corrected chi connectivity index (χ1v) is 9.26. The molecule has 6 nitrogen and oxygen atoms in total. The summed E-state index contributed by atoms with van der Waals surface area (Å²) in [7, 11) is 4.47. The number of nitriles is 1. The zero-order chi connectivity index (χ0) is 19.8. The molecule has 27 heavy (non-hydrogen) atoms. The number of rotatable bonds is 8. The fourth-order valence-electron chi connectivity index (χ4n) is 2.37. The highest BCUT2D eigenvalue weighted by Gasteiger charge is 2.20. The second-order valence-corrected chi connectivity index (χ2v) is 6.73. The lowest BCUT2D eigenvalue weighted by atomic mass is 10.1. The molecule has 2 rings (SSSR count). The van der Waals surface area contributed by atoms with Gasteiger partial charge in [-0.2, -0.15) is 5.26 Å². The largest absolute Gasteiger partial charge is 0.493 e. The second kappa shape index (κ2) is 9.95. The molecular weight excluding hydrogens is 388 g/mol. The monoisotopic (exact) mass is 406 g/mol. The molecule has 0 aliphatic rings. The van der Waals surface area contributed by atoms with Crippen LogP contribution >= 0.6 is 23.4 Å². The summed E-state index contributed by atoms with van der Waals surface area (Å²) >= 11 is 7.39. The molecule has 0 aromatic heterocycles. The molecule has 1 N–H and O–H groups in total. The van der Waals surface area contributed by atoms with Gasteiger partial charge in [0.05, 0.1) is 38.2 Å². The number of thioether (sulfide) groups is 1. The van der Waals surface area contributed by atoms with Crippen LogP contribution in [-0.4, -0.2) is 33.0 Å². The molecule has 0 radical (unpaired) electrons. The van der Waals surface area contributed by atoms with Gasteiger partial charge in [0.1, 0.15) is 6.04 Å². The topological polar surface area (TPSA) is 80.6 Å². The van der Waals surface area contributed by atoms with E-state index in [4.69, 9.17) is 25.8 Å². The summed E-state index contributed by atoms with van der Waals surface area (Å²) in [4.78, 5) is 13.1. The number of nitrogens with zero attached hydrogens (tertiary/aromatic N) is 1. The van der Waals surface area contributed by atoms with Crippen LogP contribution in [-0.2, 0) is 4.79 Å². The van der Waals surface area contributed by atoms with Crippen LogP contribution in [0.3, 0.4) is 0 Å². The van der Waals surface area contributed by atoms with Crippen molar-refractivity contribution in [2.24, 2.45) is 0 Å². The van der Waals surface area contributed by atoms with Gasteiger partial charge < -0.3 is 19.5 Å². The molecule has 0 spiro atoms. The zero-order valence-corrected chi connectivity index (χ0v) is 16.7. The molecule has 1 atom stereocenters. The van der Waals surface area contributed by atoms with Crippen molar-refractivity contribution in [1.82, 2.24) is 5.32 Å². The summed E-state index contributed by atoms with van der Waals surface area (Å²) in [5.41, 5.74) is 0.531. The molecule has 0 bridgehead atoms. The maximum Gasteiger partial charge on any atom is 0.231 e. The Morgan fingerprint density at radius 2 is 1.81 bits per heavy atom. The molecule has 0 heterocycles. The molecule has 2 aromatic carbocycles. The lowest BCUT2D eigenvalue weighted by molar-refractivity contribution is -0.118. The van der Waals surface area contributed by atoms with Gasteiger partial charge in [-0.15, -0.1) is 11.8 Å². The number of benzene rings is 2. The number of halogens is 1. The second-order valence-electron chi connectivity index (χ2n) is 5.31. The van der Waals surface area contributed by atoms with Gasteiger partial charge in [0.15, 0.2) is 11.5 Å². The van der Waals surface area contributed by atoms with E-state index in [-0.39, 0.29) is 11.7 Å². The minimum atomic E-state index is -0.863. The maximum atomic E-state index is 12.3. The van der Waals surface area contributed by atoms with Crippen LogP contribution in [0, 0.1) is 11.3 Å². The standard InChI is InChI=1S/C19H19ClN2O4S/c1-24-15-8-12(9-16(25-2)19(15)26-3)14(10-21)22-18(23)11-27-17-7-5-4-6-13(17)20/h4-9,14H,11H2,1-3H3,(H,22,23). The Kier molecular flexibility index (Phi) is 7.65. The Balaban J connectivity index is 2.13. The van der Waals surface area contributed by atoms with Crippen LogP contribution in [0.4, 0.5) is 0 Å². The fraction of sp³-hybridized carbons (Fsp3) is 0.263. The van der Waals surface area contributed by atoms with Gasteiger partial charge in [0.25, 0.3) is 0 Å². The summed E-state index contributed by atoms with van der Waals surface area (Å²) in [5.74, 6) is 1.08. The van der Waals surface area contributed by atoms with Crippen LogP contribution in [0.15, 0.2) is 41.3 Å². The van der Waals surface area contributed by atoms with Gasteiger partial charge in [0.2, 0.25) is 11.7 Å². The highest BCUT2D eigenvalue weighted by molar-refractivity contribution is 8.00. The Bertz CT molecular complexity index is 829. The van der Waals surface area contributed by atoms with Crippen LogP contribution in [0.25, 0.3) is 0 Å². The van der Waals surface area contributed by atoms with E-state index in [2.05, 4.69) is 11.4 Å². The average molecular weight is 407 g/mol. The third-order valence-electron chi connectivity index (χ3n) is 3.65. The molecule has 1 amide bonds. The summed E-state index contributed by atoms with van der Waals surface area (Å²) in [6.45, 7) is 0. The van der Waals surface area contributed by atoms with Gasteiger partial charge in [-0.3, -0.25) is 4.79 Å². The van der Waals surface area contributed by atoms with Gasteiger partial charge in [0, 0.05) is 4.90 Å². The molecule has 0 fully saturated rings. The summed E-state index contributed by atoms with van der Waals surface area (Å²) in [6, 6.07) is 11.8. The van der Waals surface area contributed by atoms with Crippen LogP contribution < -0.4 is 19.5 Å². The number of carbonyl (C=O) groups is 1. The van der Waals surface area contributed by atoms with Crippen molar-refractivity contribution in [1.29, 1.82) is 5.26 Å². The van der Waals surface area contributed by atoms with Crippen LogP contribution in [0.1, 0.15) is 11.6 Å². The zero-order valence-electron chi connectivity index (χ0n) is 15.1. The highest BCUT2D eigenvalue weighted by atomic mass is 35.5. The number of hydrogen-bond acceptors (Lipinski definition) is 6. The van der Waals surface area contributed by atoms with Gasteiger partial charge >= 0.3 is 0 Å². The van der Waals surface area contributed by atoms with E-state index in [1.54, 1.807) is 18.2 Å². The fourth-order valence-corrected chi connectivity index (χ4v) is 3.42. The number of amides is 1. The van der Waals surface area contributed by atoms with E-state index in [9.17, 15) is 10.1 Å². The number of carbonyl (C=O) groups excluding carboxylic acids is 1. The van der Waals surface area contributed by atoms with Crippen molar-refractivity contribution < 1.29 is 19.0 Å². The van der Waals surface area contributed by atoms with E-state index in [1.165, 1.54) is 33.1 Å². The Morgan fingerprint density at radius 3 is 2.33 bits per heavy atom. The first-order chi connectivity index (χ1) is 13.0. The van der Waals surface area contributed by atoms with E-state index < -0.39 is 6.04 Å². The molecule has 0 aliphatic carbocycles. The number of methoxy groups -OCH3 is 3. The van der Waals surface area contributed by atoms with E-state index in [1.807, 2.05) is 18.2 Å². The van der Waals surface area contributed by atoms with Crippen molar-refractivity contribution in [2.75, 3.05) is 27.1 Å². The van der Waals surface area contributed by atoms with Gasteiger partial charge in [-0.1, -0.05) is 23.7 Å². The minimum Gasteiger partial charge on any atom is -0.493 e. The lowest BCUT2D eigenvalue weighted by Gasteiger charge is -2.17. The number of hydrogen-bond donors (Lipinski definition) is 1. The van der Waals surface area contributed by atoms with E-state index in [0.717, 1.165) is 4.90 Å². The third-order valence-corrected chi connectivity index (χ3v) is 5.17. The third kappa shape index (κ3) is 5.22. The van der Waals surface area contributed by atoms with Crippen molar-refractivity contribution in [3.63, 3.8) is 0 Å². The first kappa shape index (κ1) is 20.7. The molecule has 0 saturated heterocycles. The smallest absolute Gasteiger partial charge is 0.231 e. The molecule has 2 aromatic rings. The van der Waals surface area contributed by atoms with Crippen molar-refractivity contribution >= 4 is 29.3 Å². The van der Waals surface area contributed by atoms with Gasteiger partial charge in [-0.25, -0.2) is 0 Å². The number of ether oxygens (including phenoxy) is 3. The molecule has 1 unspecified atom stereocenters. The molecule has 0 aliphatic heterocycles. The Labute approximate surface area is 167 Å². The molecule has 0 saturated carbocycles. The van der Waals surface area contributed by atoms with Crippen LogP contribution in [0.2, 0.25) is 5.02 Å². The lowest BCUT2D eigenvalue weighted by Crippen LogP contribution is -2.29. The minimum absolute atomic E-state index is 0.131.